The molecule has 0 aliphatic carbocycles. The summed E-state index contributed by atoms with van der Waals surface area (Å²) in [6.45, 7) is 0.129. The van der Waals surface area contributed by atoms with Gasteiger partial charge in [-0.15, -0.1) is 0 Å². The number of furan rings is 1. The molecule has 0 aliphatic rings. The Hall–Kier alpha value is -1.70. The fraction of sp³-hybridized carbons (Fsp3) is 0.154. The van der Waals surface area contributed by atoms with Crippen LogP contribution in [0.5, 0.6) is 0 Å². The molecule has 0 radical (unpaired) electrons. The number of nitrogens with one attached hydrogen (secondary N) is 1. The van der Waals surface area contributed by atoms with Crippen LogP contribution in [0, 0.1) is 0 Å². The van der Waals surface area contributed by atoms with E-state index in [1.54, 1.807) is 36.4 Å². The lowest BCUT2D eigenvalue weighted by Crippen LogP contribution is -2.24. The predicted octanol–water partition coefficient (Wildman–Crippen LogP) is 1.53. The molecule has 0 spiro atoms. The Morgan fingerprint density at radius 2 is 2.10 bits per heavy atom. The van der Waals surface area contributed by atoms with Crippen LogP contribution in [-0.2, 0) is 22.3 Å². The molecular formula is C13H14N2O3S2. The van der Waals surface area contributed by atoms with E-state index in [4.69, 9.17) is 22.4 Å². The van der Waals surface area contributed by atoms with Crippen LogP contribution in [0.3, 0.4) is 0 Å². The molecule has 20 heavy (non-hydrogen) atoms. The van der Waals surface area contributed by atoms with Gasteiger partial charge < -0.3 is 10.2 Å². The highest BCUT2D eigenvalue weighted by Gasteiger charge is 2.12. The summed E-state index contributed by atoms with van der Waals surface area (Å²) in [6.07, 6.45) is 1.50. The fourth-order valence-corrected chi connectivity index (χ4v) is 2.89. The smallest absolute Gasteiger partial charge is 0.216 e. The standard InChI is InChI=1S/C13H14N2O3S2/c14-13(19)11-4-1-3-10(7-11)9-20(16,17)15-8-12-5-2-6-18-12/h1-7,15H,8-9H2,(H2,14,19). The highest BCUT2D eigenvalue weighted by atomic mass is 32.2. The fourth-order valence-electron chi connectivity index (χ4n) is 1.68. The van der Waals surface area contributed by atoms with Crippen molar-refractivity contribution in [2.75, 3.05) is 0 Å². The van der Waals surface area contributed by atoms with Crippen molar-refractivity contribution in [1.29, 1.82) is 0 Å². The molecule has 3 N–H and O–H groups in total. The zero-order chi connectivity index (χ0) is 14.6. The van der Waals surface area contributed by atoms with Crippen molar-refractivity contribution in [3.63, 3.8) is 0 Å². The Labute approximate surface area is 122 Å². The molecule has 0 aliphatic heterocycles. The van der Waals surface area contributed by atoms with Crippen LogP contribution < -0.4 is 10.5 Å². The van der Waals surface area contributed by atoms with Gasteiger partial charge >= 0.3 is 0 Å². The lowest BCUT2D eigenvalue weighted by molar-refractivity contribution is 0.498. The third-order valence-corrected chi connectivity index (χ3v) is 4.15. The van der Waals surface area contributed by atoms with Crippen molar-refractivity contribution in [3.8, 4) is 0 Å². The van der Waals surface area contributed by atoms with Gasteiger partial charge in [0.1, 0.15) is 10.7 Å². The second-order valence-corrected chi connectivity index (χ2v) is 6.47. The molecule has 5 nitrogen and oxygen atoms in total. The lowest BCUT2D eigenvalue weighted by atomic mass is 10.1. The molecule has 106 valence electrons. The van der Waals surface area contributed by atoms with Crippen LogP contribution in [0.2, 0.25) is 0 Å². The zero-order valence-corrected chi connectivity index (χ0v) is 12.2. The third-order valence-electron chi connectivity index (χ3n) is 2.61. The summed E-state index contributed by atoms with van der Waals surface area (Å²) in [7, 11) is -3.45. The summed E-state index contributed by atoms with van der Waals surface area (Å²) in [5.74, 6) is 0.426. The van der Waals surface area contributed by atoms with E-state index in [1.165, 1.54) is 6.26 Å². The summed E-state index contributed by atoms with van der Waals surface area (Å²) in [5.41, 5.74) is 6.80. The monoisotopic (exact) mass is 310 g/mol. The van der Waals surface area contributed by atoms with Crippen molar-refractivity contribution in [2.45, 2.75) is 12.3 Å². The average molecular weight is 310 g/mol. The number of thiocarbonyl (C=S) groups is 1. The normalized spacial score (nSPS) is 11.4. The first-order valence-electron chi connectivity index (χ1n) is 5.85. The van der Waals surface area contributed by atoms with Crippen LogP contribution in [0.4, 0.5) is 0 Å². The summed E-state index contributed by atoms with van der Waals surface area (Å²) < 4.78 is 31.5. The van der Waals surface area contributed by atoms with E-state index in [9.17, 15) is 8.42 Å². The molecule has 1 heterocycles. The summed E-state index contributed by atoms with van der Waals surface area (Å²) in [4.78, 5) is 0.243. The molecule has 0 atom stereocenters. The van der Waals surface area contributed by atoms with Crippen LogP contribution in [0.15, 0.2) is 47.1 Å². The van der Waals surface area contributed by atoms with Gasteiger partial charge in [-0.05, 0) is 23.8 Å². The number of hydrogen-bond acceptors (Lipinski definition) is 4. The van der Waals surface area contributed by atoms with Gasteiger partial charge in [-0.2, -0.15) is 0 Å². The maximum absolute atomic E-state index is 12.0. The molecule has 0 bridgehead atoms. The van der Waals surface area contributed by atoms with Crippen LogP contribution in [-0.4, -0.2) is 13.4 Å². The Kier molecular flexibility index (Phi) is 4.53. The first-order chi connectivity index (χ1) is 9.46. The zero-order valence-electron chi connectivity index (χ0n) is 10.6. The summed E-state index contributed by atoms with van der Waals surface area (Å²) in [5, 5.41) is 0. The second-order valence-electron chi connectivity index (χ2n) is 4.22. The molecule has 2 aromatic rings. The topological polar surface area (TPSA) is 85.3 Å². The van der Waals surface area contributed by atoms with Crippen molar-refractivity contribution in [3.05, 3.63) is 59.5 Å². The quantitative estimate of drug-likeness (QED) is 0.790. The SMILES string of the molecule is NC(=S)c1cccc(CS(=O)(=O)NCc2ccco2)c1. The molecule has 1 aromatic heterocycles. The first-order valence-corrected chi connectivity index (χ1v) is 7.91. The van der Waals surface area contributed by atoms with Crippen molar-refractivity contribution in [1.82, 2.24) is 4.72 Å². The van der Waals surface area contributed by atoms with E-state index in [2.05, 4.69) is 4.72 Å². The van der Waals surface area contributed by atoms with Crippen molar-refractivity contribution in [2.24, 2.45) is 5.73 Å². The summed E-state index contributed by atoms with van der Waals surface area (Å²) >= 11 is 4.87. The van der Waals surface area contributed by atoms with Gasteiger partial charge in [0.05, 0.1) is 18.6 Å². The maximum Gasteiger partial charge on any atom is 0.216 e. The molecule has 0 amide bonds. The summed E-state index contributed by atoms with van der Waals surface area (Å²) in [6, 6.07) is 10.3. The minimum Gasteiger partial charge on any atom is -0.468 e. The Balaban J connectivity index is 2.04. The minimum atomic E-state index is -3.45. The number of rotatable bonds is 6. The van der Waals surface area contributed by atoms with E-state index >= 15 is 0 Å². The number of hydrogen-bond donors (Lipinski definition) is 2. The lowest BCUT2D eigenvalue weighted by Gasteiger charge is -2.07. The molecule has 0 unspecified atom stereocenters. The maximum atomic E-state index is 12.0. The largest absolute Gasteiger partial charge is 0.468 e. The van der Waals surface area contributed by atoms with E-state index in [0.717, 1.165) is 0 Å². The Morgan fingerprint density at radius 1 is 1.30 bits per heavy atom. The molecule has 0 saturated heterocycles. The predicted molar refractivity (Wildman–Crippen MR) is 80.5 cm³/mol. The number of benzene rings is 1. The van der Waals surface area contributed by atoms with E-state index in [-0.39, 0.29) is 17.3 Å². The Bertz CT molecular complexity index is 694. The molecular weight excluding hydrogens is 296 g/mol. The van der Waals surface area contributed by atoms with E-state index in [0.29, 0.717) is 16.9 Å². The van der Waals surface area contributed by atoms with Crippen LogP contribution >= 0.6 is 12.2 Å². The highest BCUT2D eigenvalue weighted by Crippen LogP contribution is 2.09. The molecule has 0 fully saturated rings. The minimum absolute atomic E-state index is 0.129. The number of nitrogens with two attached hydrogens (primary N) is 1. The highest BCUT2D eigenvalue weighted by molar-refractivity contribution is 7.88. The van der Waals surface area contributed by atoms with Crippen molar-refractivity contribution < 1.29 is 12.8 Å². The van der Waals surface area contributed by atoms with Gasteiger partial charge in [-0.25, -0.2) is 13.1 Å². The van der Waals surface area contributed by atoms with Gasteiger partial charge in [0.15, 0.2) is 0 Å². The van der Waals surface area contributed by atoms with E-state index in [1.807, 2.05) is 0 Å². The van der Waals surface area contributed by atoms with E-state index < -0.39 is 10.0 Å². The van der Waals surface area contributed by atoms with Gasteiger partial charge in [-0.3, -0.25) is 0 Å². The van der Waals surface area contributed by atoms with Gasteiger partial charge in [0, 0.05) is 5.56 Å². The molecule has 2 rings (SSSR count). The second kappa shape index (κ2) is 6.17. The van der Waals surface area contributed by atoms with Gasteiger partial charge in [0.2, 0.25) is 10.0 Å². The third kappa shape index (κ3) is 4.16. The van der Waals surface area contributed by atoms with Crippen molar-refractivity contribution >= 4 is 27.2 Å². The van der Waals surface area contributed by atoms with Crippen LogP contribution in [0.1, 0.15) is 16.9 Å². The van der Waals surface area contributed by atoms with Gasteiger partial charge in [-0.1, -0.05) is 30.4 Å². The molecule has 1 aromatic carbocycles. The first kappa shape index (κ1) is 14.7. The molecule has 7 heteroatoms. The average Bonchev–Trinajstić information content (AvgIpc) is 2.89. The van der Waals surface area contributed by atoms with Gasteiger partial charge in [0.25, 0.3) is 0 Å². The Morgan fingerprint density at radius 3 is 2.75 bits per heavy atom. The van der Waals surface area contributed by atoms with Crippen LogP contribution in [0.25, 0.3) is 0 Å². The number of sulfonamides is 1. The molecule has 0 saturated carbocycles.